The van der Waals surface area contributed by atoms with Crippen LogP contribution in [0.5, 0.6) is 0 Å². The highest BCUT2D eigenvalue weighted by atomic mass is 16.5. The van der Waals surface area contributed by atoms with Gasteiger partial charge in [0, 0.05) is 19.4 Å². The standard InChI is InChI=1S/C21H31NO5/c1-3-5-12-22-19(25)21(27-14-16-9-7-6-8-10-16)13-17(23)18(24)20(26,15-21)11-4-2/h4,6-10,17-18,23-24,26H,2-3,5,11-15H2,1H3,(H,22,25)/t17-,18+,20-,21-/m1/s1. The van der Waals surface area contributed by atoms with E-state index < -0.39 is 23.4 Å². The fourth-order valence-electron chi connectivity index (χ4n) is 3.61. The van der Waals surface area contributed by atoms with Crippen LogP contribution in [0.2, 0.25) is 0 Å². The van der Waals surface area contributed by atoms with E-state index in [1.807, 2.05) is 37.3 Å². The summed E-state index contributed by atoms with van der Waals surface area (Å²) >= 11 is 0. The number of amides is 1. The highest BCUT2D eigenvalue weighted by molar-refractivity contribution is 5.85. The molecule has 4 N–H and O–H groups in total. The lowest BCUT2D eigenvalue weighted by Gasteiger charge is -2.48. The molecule has 150 valence electrons. The Bertz CT molecular complexity index is 622. The Balaban J connectivity index is 2.27. The van der Waals surface area contributed by atoms with Gasteiger partial charge in [0.1, 0.15) is 6.10 Å². The first-order valence-electron chi connectivity index (χ1n) is 9.52. The summed E-state index contributed by atoms with van der Waals surface area (Å²) in [4.78, 5) is 13.0. The van der Waals surface area contributed by atoms with Gasteiger partial charge in [-0.15, -0.1) is 6.58 Å². The van der Waals surface area contributed by atoms with Crippen molar-refractivity contribution >= 4 is 5.91 Å². The first kappa shape index (κ1) is 21.6. The van der Waals surface area contributed by atoms with E-state index in [4.69, 9.17) is 4.74 Å². The number of ether oxygens (including phenoxy) is 1. The Morgan fingerprint density at radius 1 is 1.37 bits per heavy atom. The van der Waals surface area contributed by atoms with Gasteiger partial charge in [-0.05, 0) is 18.4 Å². The van der Waals surface area contributed by atoms with Crippen LogP contribution < -0.4 is 5.32 Å². The first-order valence-corrected chi connectivity index (χ1v) is 9.52. The van der Waals surface area contributed by atoms with Crippen LogP contribution in [-0.4, -0.2) is 51.2 Å². The smallest absolute Gasteiger partial charge is 0.252 e. The highest BCUT2D eigenvalue weighted by Crippen LogP contribution is 2.41. The van der Waals surface area contributed by atoms with Crippen molar-refractivity contribution in [1.29, 1.82) is 0 Å². The quantitative estimate of drug-likeness (QED) is 0.388. The molecule has 0 bridgehead atoms. The second kappa shape index (κ2) is 9.46. The Morgan fingerprint density at radius 3 is 2.70 bits per heavy atom. The van der Waals surface area contributed by atoms with Crippen LogP contribution in [0.3, 0.4) is 0 Å². The van der Waals surface area contributed by atoms with Crippen molar-refractivity contribution in [3.05, 3.63) is 48.6 Å². The molecule has 1 aromatic rings. The van der Waals surface area contributed by atoms with Gasteiger partial charge in [-0.1, -0.05) is 49.8 Å². The first-order chi connectivity index (χ1) is 12.9. The van der Waals surface area contributed by atoms with Crippen LogP contribution >= 0.6 is 0 Å². The maximum Gasteiger partial charge on any atom is 0.252 e. The summed E-state index contributed by atoms with van der Waals surface area (Å²) in [6.45, 7) is 6.29. The van der Waals surface area contributed by atoms with Crippen molar-refractivity contribution in [3.8, 4) is 0 Å². The van der Waals surface area contributed by atoms with Crippen molar-refractivity contribution in [2.75, 3.05) is 6.54 Å². The summed E-state index contributed by atoms with van der Waals surface area (Å²) in [5, 5.41) is 34.5. The van der Waals surface area contributed by atoms with E-state index in [9.17, 15) is 20.1 Å². The third-order valence-corrected chi connectivity index (χ3v) is 5.13. The minimum absolute atomic E-state index is 0.0455. The lowest BCUT2D eigenvalue weighted by atomic mass is 9.69. The number of unbranched alkanes of at least 4 members (excludes halogenated alkanes) is 1. The van der Waals surface area contributed by atoms with Crippen molar-refractivity contribution in [3.63, 3.8) is 0 Å². The van der Waals surface area contributed by atoms with Gasteiger partial charge in [-0.25, -0.2) is 0 Å². The van der Waals surface area contributed by atoms with Crippen LogP contribution in [0, 0.1) is 0 Å². The number of aliphatic hydroxyl groups excluding tert-OH is 2. The normalized spacial score (nSPS) is 30.7. The van der Waals surface area contributed by atoms with Crippen molar-refractivity contribution < 1.29 is 24.9 Å². The molecule has 0 aromatic heterocycles. The van der Waals surface area contributed by atoms with E-state index in [2.05, 4.69) is 11.9 Å². The van der Waals surface area contributed by atoms with Crippen LogP contribution in [0.4, 0.5) is 0 Å². The zero-order chi connectivity index (χ0) is 19.9. The molecule has 0 radical (unpaired) electrons. The van der Waals surface area contributed by atoms with Gasteiger partial charge in [0.25, 0.3) is 5.91 Å². The number of carbonyl (C=O) groups is 1. The SMILES string of the molecule is C=CC[C@@]1(O)C[C@@](OCc2ccccc2)(C(=O)NCCCC)C[C@@H](O)[C@@H]1O. The van der Waals surface area contributed by atoms with Crippen LogP contribution in [-0.2, 0) is 16.1 Å². The lowest BCUT2D eigenvalue weighted by molar-refractivity contribution is -0.220. The molecule has 1 aliphatic rings. The van der Waals surface area contributed by atoms with Gasteiger partial charge in [-0.3, -0.25) is 4.79 Å². The van der Waals surface area contributed by atoms with Crippen LogP contribution in [0.25, 0.3) is 0 Å². The van der Waals surface area contributed by atoms with Crippen LogP contribution in [0.15, 0.2) is 43.0 Å². The minimum atomic E-state index is -1.68. The number of rotatable bonds is 9. The maximum atomic E-state index is 13.0. The number of aliphatic hydroxyl groups is 3. The fraction of sp³-hybridized carbons (Fsp3) is 0.571. The third kappa shape index (κ3) is 5.17. The molecule has 1 amide bonds. The van der Waals surface area contributed by atoms with Gasteiger partial charge in [0.05, 0.1) is 18.3 Å². The largest absolute Gasteiger partial charge is 0.390 e. The van der Waals surface area contributed by atoms with E-state index in [0.717, 1.165) is 18.4 Å². The van der Waals surface area contributed by atoms with Gasteiger partial charge in [0.15, 0.2) is 5.60 Å². The summed E-state index contributed by atoms with van der Waals surface area (Å²) in [5.74, 6) is -0.375. The molecule has 0 aliphatic heterocycles. The third-order valence-electron chi connectivity index (χ3n) is 5.13. The summed E-state index contributed by atoms with van der Waals surface area (Å²) in [6, 6.07) is 9.40. The van der Waals surface area contributed by atoms with Gasteiger partial charge in [-0.2, -0.15) is 0 Å². The fourth-order valence-corrected chi connectivity index (χ4v) is 3.61. The highest BCUT2D eigenvalue weighted by Gasteiger charge is 2.56. The molecule has 6 heteroatoms. The summed E-state index contributed by atoms with van der Waals surface area (Å²) in [6.07, 6.45) is 0.418. The molecule has 1 aliphatic carbocycles. The zero-order valence-corrected chi connectivity index (χ0v) is 15.9. The Labute approximate surface area is 160 Å². The molecule has 1 fully saturated rings. The molecule has 2 rings (SSSR count). The van der Waals surface area contributed by atoms with Gasteiger partial charge < -0.3 is 25.4 Å². The predicted molar refractivity (Wildman–Crippen MR) is 103 cm³/mol. The van der Waals surface area contributed by atoms with E-state index >= 15 is 0 Å². The topological polar surface area (TPSA) is 99.0 Å². The molecular formula is C21H31NO5. The van der Waals surface area contributed by atoms with E-state index in [1.54, 1.807) is 0 Å². The molecule has 4 atom stereocenters. The van der Waals surface area contributed by atoms with Crippen molar-refractivity contribution in [1.82, 2.24) is 5.32 Å². The van der Waals surface area contributed by atoms with Crippen molar-refractivity contribution in [2.24, 2.45) is 0 Å². The number of nitrogens with one attached hydrogen (secondary N) is 1. The molecule has 1 aromatic carbocycles. The second-order valence-electron chi connectivity index (χ2n) is 7.37. The number of hydrogen-bond acceptors (Lipinski definition) is 5. The lowest BCUT2D eigenvalue weighted by Crippen LogP contribution is -2.65. The molecule has 6 nitrogen and oxygen atoms in total. The summed E-state index contributed by atoms with van der Waals surface area (Å²) in [5.41, 5.74) is -2.23. The number of benzene rings is 1. The monoisotopic (exact) mass is 377 g/mol. The van der Waals surface area contributed by atoms with E-state index in [-0.39, 0.29) is 31.8 Å². The molecule has 0 unspecified atom stereocenters. The molecule has 0 spiro atoms. The van der Waals surface area contributed by atoms with Gasteiger partial charge in [0.2, 0.25) is 0 Å². The van der Waals surface area contributed by atoms with Crippen molar-refractivity contribution in [2.45, 2.75) is 69.0 Å². The van der Waals surface area contributed by atoms with Gasteiger partial charge >= 0.3 is 0 Å². The Hall–Kier alpha value is -1.73. The summed E-state index contributed by atoms with van der Waals surface area (Å²) < 4.78 is 6.03. The molecule has 27 heavy (non-hydrogen) atoms. The zero-order valence-electron chi connectivity index (χ0n) is 15.9. The number of carbonyl (C=O) groups excluding carboxylic acids is 1. The predicted octanol–water partition coefficient (Wildman–Crippen LogP) is 1.68. The summed E-state index contributed by atoms with van der Waals surface area (Å²) in [7, 11) is 0. The second-order valence-corrected chi connectivity index (χ2v) is 7.37. The maximum absolute atomic E-state index is 13.0. The van der Waals surface area contributed by atoms with E-state index in [1.165, 1.54) is 6.08 Å². The van der Waals surface area contributed by atoms with E-state index in [0.29, 0.717) is 6.54 Å². The molecular weight excluding hydrogens is 346 g/mol. The van der Waals surface area contributed by atoms with Crippen LogP contribution in [0.1, 0.15) is 44.6 Å². The minimum Gasteiger partial charge on any atom is -0.390 e. The Morgan fingerprint density at radius 2 is 2.07 bits per heavy atom. The molecule has 0 saturated heterocycles. The molecule has 1 saturated carbocycles. The Kier molecular flexibility index (Phi) is 7.56. The molecule has 0 heterocycles. The average molecular weight is 377 g/mol. The average Bonchev–Trinajstić information content (AvgIpc) is 2.65. The number of hydrogen-bond donors (Lipinski definition) is 4.